The van der Waals surface area contributed by atoms with Gasteiger partial charge < -0.3 is 0 Å². The standard InChI is InChI=1S/C13H10BrClN2O4S/c1-16(13-8-10(17(18)19)4-7-12(13)15)22(20,21)11-5-2-9(14)3-6-11/h2-8H,1H3. The number of hydrogen-bond acceptors (Lipinski definition) is 4. The highest BCUT2D eigenvalue weighted by Gasteiger charge is 2.24. The molecule has 0 unspecified atom stereocenters. The Morgan fingerprint density at radius 1 is 1.18 bits per heavy atom. The Morgan fingerprint density at radius 2 is 1.77 bits per heavy atom. The first-order chi connectivity index (χ1) is 10.2. The van der Waals surface area contributed by atoms with Crippen LogP contribution in [0.1, 0.15) is 0 Å². The van der Waals surface area contributed by atoms with Crippen LogP contribution in [-0.4, -0.2) is 20.4 Å². The van der Waals surface area contributed by atoms with Gasteiger partial charge in [0.2, 0.25) is 0 Å². The van der Waals surface area contributed by atoms with Gasteiger partial charge in [0.1, 0.15) is 0 Å². The molecule has 9 heteroatoms. The van der Waals surface area contributed by atoms with Crippen LogP contribution in [0.5, 0.6) is 0 Å². The Bertz CT molecular complexity index is 824. The van der Waals surface area contributed by atoms with Gasteiger partial charge in [0, 0.05) is 23.7 Å². The third-order valence-corrected chi connectivity index (χ3v) is 5.59. The molecule has 0 saturated heterocycles. The number of non-ortho nitro benzene ring substituents is 1. The maximum Gasteiger partial charge on any atom is 0.271 e. The van der Waals surface area contributed by atoms with E-state index in [1.165, 1.54) is 31.3 Å². The first kappa shape index (κ1) is 16.7. The Morgan fingerprint density at radius 3 is 2.32 bits per heavy atom. The second-order valence-corrected chi connectivity index (χ2v) is 7.61. The third kappa shape index (κ3) is 3.23. The maximum atomic E-state index is 12.6. The zero-order valence-electron chi connectivity index (χ0n) is 11.2. The molecule has 6 nitrogen and oxygen atoms in total. The monoisotopic (exact) mass is 404 g/mol. The molecule has 0 aliphatic heterocycles. The molecule has 2 aromatic carbocycles. The van der Waals surface area contributed by atoms with Crippen LogP contribution in [0.3, 0.4) is 0 Å². The minimum atomic E-state index is -3.87. The first-order valence-electron chi connectivity index (χ1n) is 5.92. The molecule has 0 atom stereocenters. The summed E-state index contributed by atoms with van der Waals surface area (Å²) in [5.74, 6) is 0. The van der Waals surface area contributed by atoms with Gasteiger partial charge in [-0.3, -0.25) is 14.4 Å². The van der Waals surface area contributed by atoms with Gasteiger partial charge in [-0.1, -0.05) is 27.5 Å². The fraction of sp³-hybridized carbons (Fsp3) is 0.0769. The molecule has 0 radical (unpaired) electrons. The Labute approximate surface area is 140 Å². The molecule has 2 rings (SSSR count). The quantitative estimate of drug-likeness (QED) is 0.572. The van der Waals surface area contributed by atoms with Crippen LogP contribution >= 0.6 is 27.5 Å². The minimum absolute atomic E-state index is 0.0405. The number of halogens is 2. The number of nitro benzene ring substituents is 1. The van der Waals surface area contributed by atoms with Crippen LogP contribution in [-0.2, 0) is 10.0 Å². The van der Waals surface area contributed by atoms with Gasteiger partial charge in [-0.15, -0.1) is 0 Å². The Kier molecular flexibility index (Phi) is 4.74. The van der Waals surface area contributed by atoms with Crippen molar-refractivity contribution in [2.24, 2.45) is 0 Å². The summed E-state index contributed by atoms with van der Waals surface area (Å²) in [6, 6.07) is 9.68. The van der Waals surface area contributed by atoms with Crippen molar-refractivity contribution in [1.29, 1.82) is 0 Å². The minimum Gasteiger partial charge on any atom is -0.268 e. The number of nitro groups is 1. The number of sulfonamides is 1. The van der Waals surface area contributed by atoms with Crippen LogP contribution in [0, 0.1) is 10.1 Å². The lowest BCUT2D eigenvalue weighted by atomic mass is 10.3. The molecule has 22 heavy (non-hydrogen) atoms. The molecule has 0 amide bonds. The zero-order valence-corrected chi connectivity index (χ0v) is 14.4. The van der Waals surface area contributed by atoms with Crippen molar-refractivity contribution in [2.75, 3.05) is 11.4 Å². The highest BCUT2D eigenvalue weighted by Crippen LogP contribution is 2.32. The van der Waals surface area contributed by atoms with E-state index in [0.717, 1.165) is 14.8 Å². The number of anilines is 1. The number of benzene rings is 2. The lowest BCUT2D eigenvalue weighted by Crippen LogP contribution is -2.26. The van der Waals surface area contributed by atoms with Crippen LogP contribution in [0.25, 0.3) is 0 Å². The second-order valence-electron chi connectivity index (χ2n) is 4.32. The molecule has 0 saturated carbocycles. The van der Waals surface area contributed by atoms with Gasteiger partial charge in [0.25, 0.3) is 15.7 Å². The summed E-state index contributed by atoms with van der Waals surface area (Å²) >= 11 is 9.21. The van der Waals surface area contributed by atoms with Crippen LogP contribution < -0.4 is 4.31 Å². The predicted molar refractivity (Wildman–Crippen MR) is 87.8 cm³/mol. The normalized spacial score (nSPS) is 11.2. The van der Waals surface area contributed by atoms with E-state index in [1.807, 2.05) is 0 Å². The third-order valence-electron chi connectivity index (χ3n) is 2.95. The molecule has 0 bridgehead atoms. The van der Waals surface area contributed by atoms with Gasteiger partial charge in [0.05, 0.1) is 20.5 Å². The van der Waals surface area contributed by atoms with Gasteiger partial charge >= 0.3 is 0 Å². The van der Waals surface area contributed by atoms with Crippen molar-refractivity contribution >= 4 is 48.9 Å². The summed E-state index contributed by atoms with van der Waals surface area (Å²) in [5, 5.41) is 10.9. The SMILES string of the molecule is CN(c1cc([N+](=O)[O-])ccc1Cl)S(=O)(=O)c1ccc(Br)cc1. The van der Waals surface area contributed by atoms with Gasteiger partial charge in [-0.2, -0.15) is 0 Å². The molecule has 0 heterocycles. The summed E-state index contributed by atoms with van der Waals surface area (Å²) < 4.78 is 26.8. The molecule has 0 N–H and O–H groups in total. The highest BCUT2D eigenvalue weighted by molar-refractivity contribution is 9.10. The maximum absolute atomic E-state index is 12.6. The number of rotatable bonds is 4. The smallest absolute Gasteiger partial charge is 0.268 e. The van der Waals surface area contributed by atoms with Crippen molar-refractivity contribution in [2.45, 2.75) is 4.90 Å². The number of nitrogens with zero attached hydrogens (tertiary/aromatic N) is 2. The average Bonchev–Trinajstić information content (AvgIpc) is 2.47. The van der Waals surface area contributed by atoms with Crippen molar-refractivity contribution in [3.8, 4) is 0 Å². The Balaban J connectivity index is 2.50. The fourth-order valence-electron chi connectivity index (χ4n) is 1.75. The summed E-state index contributed by atoms with van der Waals surface area (Å²) in [4.78, 5) is 10.3. The first-order valence-corrected chi connectivity index (χ1v) is 8.53. The van der Waals surface area contributed by atoms with Gasteiger partial charge in [-0.25, -0.2) is 8.42 Å². The molecule has 116 valence electrons. The fourth-order valence-corrected chi connectivity index (χ4v) is 3.52. The second kappa shape index (κ2) is 6.23. The van der Waals surface area contributed by atoms with Crippen molar-refractivity contribution in [3.05, 3.63) is 62.1 Å². The molecular formula is C13H10BrClN2O4S. The van der Waals surface area contributed by atoms with Crippen molar-refractivity contribution < 1.29 is 13.3 Å². The van der Waals surface area contributed by atoms with Crippen LogP contribution in [0.4, 0.5) is 11.4 Å². The highest BCUT2D eigenvalue weighted by atomic mass is 79.9. The molecule has 0 aliphatic carbocycles. The zero-order chi connectivity index (χ0) is 16.5. The molecule has 2 aromatic rings. The van der Waals surface area contributed by atoms with Crippen LogP contribution in [0.15, 0.2) is 51.8 Å². The topological polar surface area (TPSA) is 80.5 Å². The summed E-state index contributed by atoms with van der Waals surface area (Å²) in [6.07, 6.45) is 0. The summed E-state index contributed by atoms with van der Waals surface area (Å²) in [5.41, 5.74) is -0.198. The predicted octanol–water partition coefficient (Wildman–Crippen LogP) is 3.84. The van der Waals surface area contributed by atoms with E-state index in [2.05, 4.69) is 15.9 Å². The van der Waals surface area contributed by atoms with E-state index < -0.39 is 14.9 Å². The average molecular weight is 406 g/mol. The van der Waals surface area contributed by atoms with Crippen LogP contribution in [0.2, 0.25) is 5.02 Å². The van der Waals surface area contributed by atoms with E-state index in [-0.39, 0.29) is 21.3 Å². The summed E-state index contributed by atoms with van der Waals surface area (Å²) in [6.45, 7) is 0. The van der Waals surface area contributed by atoms with Gasteiger partial charge in [0.15, 0.2) is 0 Å². The van der Waals surface area contributed by atoms with Crippen molar-refractivity contribution in [3.63, 3.8) is 0 Å². The van der Waals surface area contributed by atoms with E-state index in [0.29, 0.717) is 0 Å². The summed E-state index contributed by atoms with van der Waals surface area (Å²) in [7, 11) is -2.57. The van der Waals surface area contributed by atoms with Crippen molar-refractivity contribution in [1.82, 2.24) is 0 Å². The van der Waals surface area contributed by atoms with E-state index in [4.69, 9.17) is 11.6 Å². The lowest BCUT2D eigenvalue weighted by molar-refractivity contribution is -0.384. The van der Waals surface area contributed by atoms with E-state index >= 15 is 0 Å². The van der Waals surface area contributed by atoms with Gasteiger partial charge in [-0.05, 0) is 30.3 Å². The largest absolute Gasteiger partial charge is 0.271 e. The Hall–Kier alpha value is -1.64. The molecule has 0 aromatic heterocycles. The number of hydrogen-bond donors (Lipinski definition) is 0. The molecule has 0 aliphatic rings. The molecule has 0 fully saturated rings. The molecule has 0 spiro atoms. The molecular weight excluding hydrogens is 396 g/mol. The van der Waals surface area contributed by atoms with E-state index in [1.54, 1.807) is 12.1 Å². The van der Waals surface area contributed by atoms with E-state index in [9.17, 15) is 18.5 Å². The lowest BCUT2D eigenvalue weighted by Gasteiger charge is -2.20.